The molecule has 6 nitrogen and oxygen atoms in total. The topological polar surface area (TPSA) is 78.9 Å². The summed E-state index contributed by atoms with van der Waals surface area (Å²) in [6, 6.07) is 0. The maximum atomic E-state index is 12.8. The second-order valence-corrected chi connectivity index (χ2v) is 19.8. The van der Waals surface area contributed by atoms with Gasteiger partial charge in [0, 0.05) is 19.3 Å². The number of allylic oxidation sites excluding steroid dienone is 18. The number of unbranched alkanes of at least 4 members (excludes halogenated alkanes) is 25. The van der Waals surface area contributed by atoms with Gasteiger partial charge in [0.2, 0.25) is 0 Å². The number of hydrogen-bond acceptors (Lipinski definition) is 6. The lowest BCUT2D eigenvalue weighted by Gasteiger charge is -2.18. The van der Waals surface area contributed by atoms with E-state index in [9.17, 15) is 14.4 Å². The molecule has 0 bridgehead atoms. The zero-order chi connectivity index (χ0) is 52.9. The molecule has 0 spiro atoms. The van der Waals surface area contributed by atoms with Gasteiger partial charge in [0.1, 0.15) is 13.2 Å². The summed E-state index contributed by atoms with van der Waals surface area (Å²) >= 11 is 0. The molecule has 0 aliphatic carbocycles. The van der Waals surface area contributed by atoms with Gasteiger partial charge >= 0.3 is 17.9 Å². The lowest BCUT2D eigenvalue weighted by atomic mass is 10.0. The third kappa shape index (κ3) is 58.8. The summed E-state index contributed by atoms with van der Waals surface area (Å²) in [5.41, 5.74) is 0. The largest absolute Gasteiger partial charge is 0.462 e. The molecule has 0 aliphatic heterocycles. The first-order valence-corrected chi connectivity index (χ1v) is 30.4. The Kier molecular flexibility index (Phi) is 57.4. The first-order valence-electron chi connectivity index (χ1n) is 30.4. The fourth-order valence-electron chi connectivity index (χ4n) is 8.29. The maximum absolute atomic E-state index is 12.8. The van der Waals surface area contributed by atoms with Crippen LogP contribution in [0.2, 0.25) is 0 Å². The van der Waals surface area contributed by atoms with Crippen molar-refractivity contribution in [1.29, 1.82) is 0 Å². The Bertz CT molecular complexity index is 1490. The molecular formula is C67H112O6. The van der Waals surface area contributed by atoms with Crippen molar-refractivity contribution < 1.29 is 28.6 Å². The summed E-state index contributed by atoms with van der Waals surface area (Å²) in [6.07, 6.45) is 82.9. The van der Waals surface area contributed by atoms with Crippen molar-refractivity contribution >= 4 is 17.9 Å². The molecule has 0 heterocycles. The van der Waals surface area contributed by atoms with E-state index >= 15 is 0 Å². The first-order chi connectivity index (χ1) is 36.0. The lowest BCUT2D eigenvalue weighted by Crippen LogP contribution is -2.30. The van der Waals surface area contributed by atoms with Gasteiger partial charge in [-0.1, -0.05) is 271 Å². The summed E-state index contributed by atoms with van der Waals surface area (Å²) in [7, 11) is 0. The van der Waals surface area contributed by atoms with Crippen LogP contribution >= 0.6 is 0 Å². The number of esters is 3. The Morgan fingerprint density at radius 1 is 0.288 bits per heavy atom. The van der Waals surface area contributed by atoms with Gasteiger partial charge in [-0.3, -0.25) is 14.4 Å². The number of carbonyl (C=O) groups is 3. The zero-order valence-corrected chi connectivity index (χ0v) is 47.6. The highest BCUT2D eigenvalue weighted by molar-refractivity contribution is 5.71. The first kappa shape index (κ1) is 69.1. The number of carbonyl (C=O) groups excluding carboxylic acids is 3. The van der Waals surface area contributed by atoms with Crippen molar-refractivity contribution in [3.63, 3.8) is 0 Å². The van der Waals surface area contributed by atoms with Gasteiger partial charge in [-0.15, -0.1) is 0 Å². The standard InChI is InChI=1S/C67H112O6/c1-4-7-10-13-16-19-22-25-26-27-28-29-30-31-32-33-34-35-36-37-38-39-40-43-45-48-51-54-57-60-66(69)72-63-64(73-67(70)61-58-55-52-49-46-42-24-21-18-15-12-9-6-3)62-71-65(68)59-56-53-50-47-44-41-23-20-17-14-11-8-5-2/h8-9,11-12,17-18,20-21,27-28,41-42,44,46,50,52-53,55,64H,4-7,10,13-16,19,22-26,29-40,43,45,47-49,51,54,56-63H2,1-3H3/b11-8-,12-9-,20-17-,21-18-,28-27-,44-41-,46-42-,53-50-,55-52-. The van der Waals surface area contributed by atoms with E-state index in [1.165, 1.54) is 154 Å². The molecule has 416 valence electrons. The molecule has 0 aromatic heterocycles. The molecule has 0 N–H and O–H groups in total. The number of rotatable bonds is 54. The zero-order valence-electron chi connectivity index (χ0n) is 47.6. The molecule has 0 aliphatic rings. The van der Waals surface area contributed by atoms with Gasteiger partial charge < -0.3 is 14.2 Å². The Balaban J connectivity index is 4.25. The number of ether oxygens (including phenoxy) is 3. The summed E-state index contributed by atoms with van der Waals surface area (Å²) in [5, 5.41) is 0. The Morgan fingerprint density at radius 2 is 0.562 bits per heavy atom. The third-order valence-electron chi connectivity index (χ3n) is 12.8. The minimum atomic E-state index is -0.845. The molecule has 0 saturated carbocycles. The van der Waals surface area contributed by atoms with E-state index in [0.29, 0.717) is 19.3 Å². The molecular weight excluding hydrogens is 901 g/mol. The van der Waals surface area contributed by atoms with Crippen molar-refractivity contribution in [2.45, 2.75) is 284 Å². The summed E-state index contributed by atoms with van der Waals surface area (Å²) in [6.45, 7) is 6.29. The second-order valence-electron chi connectivity index (χ2n) is 19.8. The van der Waals surface area contributed by atoms with E-state index in [4.69, 9.17) is 14.2 Å². The average Bonchev–Trinajstić information content (AvgIpc) is 3.39. The molecule has 6 heteroatoms. The van der Waals surface area contributed by atoms with Crippen molar-refractivity contribution in [1.82, 2.24) is 0 Å². The maximum Gasteiger partial charge on any atom is 0.306 e. The monoisotopic (exact) mass is 1010 g/mol. The van der Waals surface area contributed by atoms with Gasteiger partial charge in [-0.05, 0) is 96.3 Å². The molecule has 1 unspecified atom stereocenters. The minimum absolute atomic E-state index is 0.129. The molecule has 0 fully saturated rings. The van der Waals surface area contributed by atoms with E-state index in [0.717, 1.165) is 70.6 Å². The highest BCUT2D eigenvalue weighted by atomic mass is 16.6. The smallest absolute Gasteiger partial charge is 0.306 e. The molecule has 0 rings (SSSR count). The van der Waals surface area contributed by atoms with Crippen molar-refractivity contribution in [2.24, 2.45) is 0 Å². The van der Waals surface area contributed by atoms with Crippen molar-refractivity contribution in [3.05, 3.63) is 109 Å². The van der Waals surface area contributed by atoms with Crippen LogP contribution in [0.25, 0.3) is 0 Å². The molecule has 0 saturated heterocycles. The summed E-state index contributed by atoms with van der Waals surface area (Å²) in [5.74, 6) is -1.10. The van der Waals surface area contributed by atoms with Crippen LogP contribution in [-0.4, -0.2) is 37.2 Å². The van der Waals surface area contributed by atoms with Crippen LogP contribution in [0.1, 0.15) is 278 Å². The highest BCUT2D eigenvalue weighted by Gasteiger charge is 2.19. The van der Waals surface area contributed by atoms with E-state index < -0.39 is 12.1 Å². The van der Waals surface area contributed by atoms with Crippen LogP contribution in [0, 0.1) is 0 Å². The molecule has 0 aromatic carbocycles. The Labute approximate surface area is 450 Å². The fourth-order valence-corrected chi connectivity index (χ4v) is 8.29. The minimum Gasteiger partial charge on any atom is -0.462 e. The van der Waals surface area contributed by atoms with E-state index in [-0.39, 0.29) is 38.0 Å². The summed E-state index contributed by atoms with van der Waals surface area (Å²) < 4.78 is 16.7. The quantitative estimate of drug-likeness (QED) is 0.0261. The van der Waals surface area contributed by atoms with Crippen molar-refractivity contribution in [2.75, 3.05) is 13.2 Å². The Morgan fingerprint density at radius 3 is 0.918 bits per heavy atom. The SMILES string of the molecule is CC/C=C\C/C=C\C/C=C\C/C=C\CCC(=O)OCC(COC(=O)CCCCCCCCCCCCCCCCCCC/C=C\CCCCCCCCCC)OC(=O)CC/C=C\C/C=C\C/C=C\C/C=C\CC. The van der Waals surface area contributed by atoms with E-state index in [2.05, 4.69) is 106 Å². The van der Waals surface area contributed by atoms with Crippen LogP contribution in [0.15, 0.2) is 109 Å². The van der Waals surface area contributed by atoms with Crippen molar-refractivity contribution in [3.8, 4) is 0 Å². The van der Waals surface area contributed by atoms with Gasteiger partial charge in [0.05, 0.1) is 0 Å². The van der Waals surface area contributed by atoms with Crippen LogP contribution in [0.5, 0.6) is 0 Å². The average molecular weight is 1010 g/mol. The van der Waals surface area contributed by atoms with Crippen LogP contribution in [0.4, 0.5) is 0 Å². The Hall–Kier alpha value is -3.93. The molecule has 0 aromatic rings. The van der Waals surface area contributed by atoms with Gasteiger partial charge in [0.15, 0.2) is 6.10 Å². The highest BCUT2D eigenvalue weighted by Crippen LogP contribution is 2.16. The predicted octanol–water partition coefficient (Wildman–Crippen LogP) is 20.7. The molecule has 0 amide bonds. The van der Waals surface area contributed by atoms with Crippen LogP contribution in [-0.2, 0) is 28.6 Å². The lowest BCUT2D eigenvalue weighted by molar-refractivity contribution is -0.166. The van der Waals surface area contributed by atoms with E-state index in [1.807, 2.05) is 24.3 Å². The van der Waals surface area contributed by atoms with Crippen LogP contribution < -0.4 is 0 Å². The fraction of sp³-hybridized carbons (Fsp3) is 0.687. The third-order valence-corrected chi connectivity index (χ3v) is 12.8. The molecule has 73 heavy (non-hydrogen) atoms. The summed E-state index contributed by atoms with van der Waals surface area (Å²) in [4.78, 5) is 38.0. The normalized spacial score (nSPS) is 12.9. The molecule has 1 atom stereocenters. The number of hydrogen-bond donors (Lipinski definition) is 0. The van der Waals surface area contributed by atoms with Gasteiger partial charge in [-0.2, -0.15) is 0 Å². The second kappa shape index (κ2) is 60.6. The predicted molar refractivity (Wildman–Crippen MR) is 316 cm³/mol. The van der Waals surface area contributed by atoms with Gasteiger partial charge in [0.25, 0.3) is 0 Å². The van der Waals surface area contributed by atoms with Crippen LogP contribution in [0.3, 0.4) is 0 Å². The van der Waals surface area contributed by atoms with E-state index in [1.54, 1.807) is 0 Å². The van der Waals surface area contributed by atoms with Gasteiger partial charge in [-0.25, -0.2) is 0 Å². The molecule has 0 radical (unpaired) electrons.